The summed E-state index contributed by atoms with van der Waals surface area (Å²) in [6.07, 6.45) is 3.15. The van der Waals surface area contributed by atoms with Gasteiger partial charge in [-0.2, -0.15) is 0 Å². The molecule has 0 fully saturated rings. The number of hydrogen-bond acceptors (Lipinski definition) is 4. The van der Waals surface area contributed by atoms with Gasteiger partial charge in [0.05, 0.1) is 19.8 Å². The smallest absolute Gasteiger partial charge is 0.246 e. The van der Waals surface area contributed by atoms with Gasteiger partial charge in [-0.15, -0.1) is 0 Å². The third kappa shape index (κ3) is 6.37. The Bertz CT molecular complexity index is 915. The van der Waals surface area contributed by atoms with Crippen molar-refractivity contribution < 1.29 is 19.1 Å². The minimum atomic E-state index is -0.270. The van der Waals surface area contributed by atoms with E-state index in [0.717, 1.165) is 22.4 Å². The molecule has 0 radical (unpaired) electrons. The van der Waals surface area contributed by atoms with Gasteiger partial charge in [-0.25, -0.2) is 0 Å². The standard InChI is InChI=1S/C24H30N2O4/c1-16(2)30-20-12-10-19(14-21(20)29-6)11-13-23(28)26(5)15-22(27)25-24-17(3)8-7-9-18(24)4/h7-14,16H,15H2,1-6H3,(H,25,27)/b13-11+. The minimum Gasteiger partial charge on any atom is -0.493 e. The van der Waals surface area contributed by atoms with E-state index in [1.807, 2.05) is 58.0 Å². The highest BCUT2D eigenvalue weighted by molar-refractivity contribution is 5.98. The predicted octanol–water partition coefficient (Wildman–Crippen LogP) is 4.21. The minimum absolute atomic E-state index is 0.0325. The molecular formula is C24H30N2O4. The molecule has 6 nitrogen and oxygen atoms in total. The lowest BCUT2D eigenvalue weighted by Gasteiger charge is -2.17. The van der Waals surface area contributed by atoms with Crippen molar-refractivity contribution in [1.29, 1.82) is 0 Å². The number of hydrogen-bond donors (Lipinski definition) is 1. The van der Waals surface area contributed by atoms with Crippen molar-refractivity contribution in [2.75, 3.05) is 26.0 Å². The third-order valence-corrected chi connectivity index (χ3v) is 4.47. The van der Waals surface area contributed by atoms with Gasteiger partial charge < -0.3 is 19.7 Å². The molecule has 0 spiro atoms. The molecule has 0 heterocycles. The summed E-state index contributed by atoms with van der Waals surface area (Å²) in [6.45, 7) is 7.72. The lowest BCUT2D eigenvalue weighted by molar-refractivity contribution is -0.129. The van der Waals surface area contributed by atoms with Crippen LogP contribution in [0.15, 0.2) is 42.5 Å². The number of carbonyl (C=O) groups excluding carboxylic acids is 2. The van der Waals surface area contributed by atoms with E-state index in [1.165, 1.54) is 11.0 Å². The summed E-state index contributed by atoms with van der Waals surface area (Å²) in [7, 11) is 3.17. The molecule has 2 rings (SSSR count). The summed E-state index contributed by atoms with van der Waals surface area (Å²) in [6, 6.07) is 11.3. The molecule has 2 aromatic carbocycles. The molecule has 0 aliphatic carbocycles. The monoisotopic (exact) mass is 410 g/mol. The Morgan fingerprint density at radius 3 is 2.37 bits per heavy atom. The van der Waals surface area contributed by atoms with Crippen molar-refractivity contribution >= 4 is 23.6 Å². The van der Waals surface area contributed by atoms with E-state index in [0.29, 0.717) is 11.5 Å². The second-order valence-electron chi connectivity index (χ2n) is 7.42. The van der Waals surface area contributed by atoms with Gasteiger partial charge >= 0.3 is 0 Å². The molecule has 0 bridgehead atoms. The molecule has 0 aliphatic heterocycles. The Hall–Kier alpha value is -3.28. The second-order valence-corrected chi connectivity index (χ2v) is 7.42. The maximum Gasteiger partial charge on any atom is 0.246 e. The lowest BCUT2D eigenvalue weighted by Crippen LogP contribution is -2.34. The van der Waals surface area contributed by atoms with Crippen molar-refractivity contribution in [1.82, 2.24) is 4.90 Å². The van der Waals surface area contributed by atoms with E-state index in [2.05, 4.69) is 5.32 Å². The van der Waals surface area contributed by atoms with Crippen molar-refractivity contribution in [3.05, 3.63) is 59.2 Å². The van der Waals surface area contributed by atoms with Crippen LogP contribution < -0.4 is 14.8 Å². The van der Waals surface area contributed by atoms with E-state index in [9.17, 15) is 9.59 Å². The van der Waals surface area contributed by atoms with Crippen LogP contribution in [0, 0.1) is 13.8 Å². The molecule has 160 valence electrons. The molecule has 30 heavy (non-hydrogen) atoms. The average Bonchev–Trinajstić information content (AvgIpc) is 2.69. The number of ether oxygens (including phenoxy) is 2. The van der Waals surface area contributed by atoms with Crippen LogP contribution in [0.5, 0.6) is 11.5 Å². The van der Waals surface area contributed by atoms with Crippen LogP contribution >= 0.6 is 0 Å². The lowest BCUT2D eigenvalue weighted by atomic mass is 10.1. The summed E-state index contributed by atoms with van der Waals surface area (Å²) in [5.41, 5.74) is 3.55. The first kappa shape index (κ1) is 23.0. The molecule has 0 aliphatic rings. The number of likely N-dealkylation sites (N-methyl/N-ethyl adjacent to an activating group) is 1. The number of methoxy groups -OCH3 is 1. The van der Waals surface area contributed by atoms with Crippen LogP contribution in [0.25, 0.3) is 6.08 Å². The number of nitrogens with one attached hydrogen (secondary N) is 1. The van der Waals surface area contributed by atoms with Gasteiger partial charge in [-0.05, 0) is 62.6 Å². The first-order valence-corrected chi connectivity index (χ1v) is 9.85. The SMILES string of the molecule is COc1cc(/C=C/C(=O)N(C)CC(=O)Nc2c(C)cccc2C)ccc1OC(C)C. The molecule has 6 heteroatoms. The summed E-state index contributed by atoms with van der Waals surface area (Å²) in [4.78, 5) is 26.1. The van der Waals surface area contributed by atoms with Crippen LogP contribution in [0.1, 0.15) is 30.5 Å². The number of aryl methyl sites for hydroxylation is 2. The Kier molecular flexibility index (Phi) is 8.04. The molecule has 2 aromatic rings. The van der Waals surface area contributed by atoms with Crippen LogP contribution in [-0.4, -0.2) is 43.5 Å². The molecule has 0 saturated heterocycles. The van der Waals surface area contributed by atoms with E-state index in [4.69, 9.17) is 9.47 Å². The number of nitrogens with zero attached hydrogens (tertiary/aromatic N) is 1. The number of para-hydroxylation sites is 1. The van der Waals surface area contributed by atoms with E-state index in [1.54, 1.807) is 26.3 Å². The largest absolute Gasteiger partial charge is 0.493 e. The van der Waals surface area contributed by atoms with E-state index in [-0.39, 0.29) is 24.5 Å². The zero-order chi connectivity index (χ0) is 22.3. The Balaban J connectivity index is 1.99. The number of benzene rings is 2. The normalized spacial score (nSPS) is 10.9. The van der Waals surface area contributed by atoms with Crippen LogP contribution in [-0.2, 0) is 9.59 Å². The van der Waals surface area contributed by atoms with Crippen LogP contribution in [0.4, 0.5) is 5.69 Å². The maximum absolute atomic E-state index is 12.4. The van der Waals surface area contributed by atoms with Gasteiger partial charge in [-0.1, -0.05) is 24.3 Å². The fourth-order valence-corrected chi connectivity index (χ4v) is 2.92. The highest BCUT2D eigenvalue weighted by Crippen LogP contribution is 2.29. The maximum atomic E-state index is 12.4. The van der Waals surface area contributed by atoms with Crippen LogP contribution in [0.3, 0.4) is 0 Å². The second kappa shape index (κ2) is 10.5. The first-order valence-electron chi connectivity index (χ1n) is 9.85. The Morgan fingerprint density at radius 2 is 1.77 bits per heavy atom. The topological polar surface area (TPSA) is 67.9 Å². The third-order valence-electron chi connectivity index (χ3n) is 4.47. The quantitative estimate of drug-likeness (QED) is 0.662. The van der Waals surface area contributed by atoms with Gasteiger partial charge in [0.2, 0.25) is 11.8 Å². The molecule has 0 unspecified atom stereocenters. The van der Waals surface area contributed by atoms with Gasteiger partial charge in [-0.3, -0.25) is 9.59 Å². The van der Waals surface area contributed by atoms with Crippen molar-refractivity contribution in [3.8, 4) is 11.5 Å². The summed E-state index contributed by atoms with van der Waals surface area (Å²) < 4.78 is 11.1. The first-order chi connectivity index (χ1) is 14.2. The molecule has 1 N–H and O–H groups in total. The highest BCUT2D eigenvalue weighted by Gasteiger charge is 2.13. The average molecular weight is 411 g/mol. The number of rotatable bonds is 8. The number of carbonyl (C=O) groups is 2. The summed E-state index contributed by atoms with van der Waals surface area (Å²) >= 11 is 0. The molecule has 0 aromatic heterocycles. The van der Waals surface area contributed by atoms with E-state index < -0.39 is 0 Å². The summed E-state index contributed by atoms with van der Waals surface area (Å²) in [5, 5.41) is 2.89. The zero-order valence-corrected chi connectivity index (χ0v) is 18.5. The van der Waals surface area contributed by atoms with Crippen molar-refractivity contribution in [3.63, 3.8) is 0 Å². The molecule has 0 saturated carbocycles. The molecular weight excluding hydrogens is 380 g/mol. The van der Waals surface area contributed by atoms with Crippen LogP contribution in [0.2, 0.25) is 0 Å². The van der Waals surface area contributed by atoms with Gasteiger partial charge in [0.15, 0.2) is 11.5 Å². The number of amides is 2. The van der Waals surface area contributed by atoms with Gasteiger partial charge in [0, 0.05) is 18.8 Å². The molecule has 0 atom stereocenters. The number of anilines is 1. The van der Waals surface area contributed by atoms with Crippen molar-refractivity contribution in [2.45, 2.75) is 33.8 Å². The summed E-state index contributed by atoms with van der Waals surface area (Å²) in [5.74, 6) is 0.734. The highest BCUT2D eigenvalue weighted by atomic mass is 16.5. The fourth-order valence-electron chi connectivity index (χ4n) is 2.92. The fraction of sp³-hybridized carbons (Fsp3) is 0.333. The van der Waals surface area contributed by atoms with E-state index >= 15 is 0 Å². The Labute approximate surface area is 178 Å². The predicted molar refractivity (Wildman–Crippen MR) is 120 cm³/mol. The zero-order valence-electron chi connectivity index (χ0n) is 18.5. The Morgan fingerprint density at radius 1 is 1.10 bits per heavy atom. The van der Waals surface area contributed by atoms with Gasteiger partial charge in [0.25, 0.3) is 0 Å². The van der Waals surface area contributed by atoms with Gasteiger partial charge in [0.1, 0.15) is 0 Å². The van der Waals surface area contributed by atoms with Crippen molar-refractivity contribution in [2.24, 2.45) is 0 Å². The molecule has 2 amide bonds.